The van der Waals surface area contributed by atoms with Gasteiger partial charge >= 0.3 is 0 Å². The minimum Gasteiger partial charge on any atom is -0.458 e. The van der Waals surface area contributed by atoms with Crippen LogP contribution in [0.3, 0.4) is 0 Å². The number of nitrogens with zero attached hydrogens (tertiary/aromatic N) is 2. The molecule has 1 aromatic rings. The van der Waals surface area contributed by atoms with Crippen molar-refractivity contribution in [1.29, 1.82) is 0 Å². The van der Waals surface area contributed by atoms with Crippen molar-refractivity contribution in [1.82, 2.24) is 4.90 Å². The first kappa shape index (κ1) is 27.5. The maximum atomic E-state index is 12.7. The van der Waals surface area contributed by atoms with E-state index in [0.29, 0.717) is 24.5 Å². The molecule has 0 spiro atoms. The Bertz CT molecular complexity index is 942. The summed E-state index contributed by atoms with van der Waals surface area (Å²) in [6.45, 7) is 10.9. The Morgan fingerprint density at radius 2 is 1.72 bits per heavy atom. The number of ether oxygens (including phenoxy) is 1. The lowest BCUT2D eigenvalue weighted by Crippen LogP contribution is -2.28. The van der Waals surface area contributed by atoms with Gasteiger partial charge in [0.05, 0.1) is 5.69 Å². The monoisotopic (exact) mass is 463 g/mol. The van der Waals surface area contributed by atoms with E-state index in [2.05, 4.69) is 25.3 Å². The quantitative estimate of drug-likeness (QED) is 0.344. The smallest absolute Gasteiger partial charge is 0.253 e. The minimum absolute atomic E-state index is 0.135. The summed E-state index contributed by atoms with van der Waals surface area (Å²) in [5.74, 6) is 0.303. The van der Waals surface area contributed by atoms with Gasteiger partial charge in [0.1, 0.15) is 10.7 Å². The van der Waals surface area contributed by atoms with E-state index in [1.165, 1.54) is 11.0 Å². The summed E-state index contributed by atoms with van der Waals surface area (Å²) in [4.78, 5) is 16.0. The molecule has 0 fully saturated rings. The molecule has 8 heteroatoms. The summed E-state index contributed by atoms with van der Waals surface area (Å²) in [6.07, 6.45) is 10.6. The van der Waals surface area contributed by atoms with Gasteiger partial charge < -0.3 is 14.5 Å². The summed E-state index contributed by atoms with van der Waals surface area (Å²) in [7, 11) is -0.929. The predicted octanol–water partition coefficient (Wildman–Crippen LogP) is 4.47. The van der Waals surface area contributed by atoms with Crippen molar-refractivity contribution in [3.05, 3.63) is 54.3 Å². The number of primary sulfonamides is 1. The Morgan fingerprint density at radius 3 is 2.19 bits per heavy atom. The van der Waals surface area contributed by atoms with Crippen LogP contribution in [0.2, 0.25) is 0 Å². The molecule has 0 heterocycles. The summed E-state index contributed by atoms with van der Waals surface area (Å²) in [6, 6.07) is 2.99. The van der Waals surface area contributed by atoms with Crippen LogP contribution in [0.25, 0.3) is 0 Å². The van der Waals surface area contributed by atoms with Crippen molar-refractivity contribution < 1.29 is 17.9 Å². The Hall–Kier alpha value is -2.58. The molecule has 2 N–H and O–H groups in total. The van der Waals surface area contributed by atoms with Gasteiger partial charge in [-0.2, -0.15) is 0 Å². The van der Waals surface area contributed by atoms with Crippen molar-refractivity contribution in [2.45, 2.75) is 51.3 Å². The second kappa shape index (κ2) is 13.1. The molecule has 0 bridgehead atoms. The molecule has 0 atom stereocenters. The second-order valence-electron chi connectivity index (χ2n) is 7.76. The van der Waals surface area contributed by atoms with E-state index < -0.39 is 10.0 Å². The maximum Gasteiger partial charge on any atom is 0.253 e. The molecule has 32 heavy (non-hydrogen) atoms. The van der Waals surface area contributed by atoms with Crippen molar-refractivity contribution in [3.8, 4) is 5.75 Å². The van der Waals surface area contributed by atoms with Crippen molar-refractivity contribution >= 4 is 21.6 Å². The highest BCUT2D eigenvalue weighted by Gasteiger charge is 2.26. The topological polar surface area (TPSA) is 92.9 Å². The molecule has 1 amide bonds. The number of carbonyl (C=O) groups excluding carboxylic acids is 1. The molecule has 1 rings (SSSR count). The van der Waals surface area contributed by atoms with Crippen LogP contribution in [-0.2, 0) is 10.0 Å². The highest BCUT2D eigenvalue weighted by molar-refractivity contribution is 7.89. The molecule has 178 valence electrons. The number of sulfonamides is 1. The normalized spacial score (nSPS) is 12.1. The van der Waals surface area contributed by atoms with Gasteiger partial charge in [-0.05, 0) is 38.0 Å². The Morgan fingerprint density at radius 1 is 1.12 bits per heavy atom. The van der Waals surface area contributed by atoms with Crippen LogP contribution in [0.15, 0.2) is 53.7 Å². The molecule has 0 saturated carbocycles. The molecule has 0 aliphatic rings. The fourth-order valence-electron chi connectivity index (χ4n) is 3.03. The number of unbranched alkanes of at least 4 members (excludes halogenated alkanes) is 2. The summed E-state index contributed by atoms with van der Waals surface area (Å²) < 4.78 is 31.1. The van der Waals surface area contributed by atoms with E-state index in [-0.39, 0.29) is 22.1 Å². The van der Waals surface area contributed by atoms with E-state index in [0.717, 1.165) is 25.7 Å². The predicted molar refractivity (Wildman–Crippen MR) is 132 cm³/mol. The average molecular weight is 464 g/mol. The van der Waals surface area contributed by atoms with Crippen molar-refractivity contribution in [3.63, 3.8) is 0 Å². The van der Waals surface area contributed by atoms with Crippen LogP contribution in [0, 0.1) is 0 Å². The first-order valence-electron chi connectivity index (χ1n) is 10.9. The number of hydrogen-bond donors (Lipinski definition) is 1. The Kier molecular flexibility index (Phi) is 11.2. The Balaban J connectivity index is 3.81. The van der Waals surface area contributed by atoms with Gasteiger partial charge in [-0.15, -0.1) is 0 Å². The zero-order chi connectivity index (χ0) is 24.3. The summed E-state index contributed by atoms with van der Waals surface area (Å²) >= 11 is 0. The molecular formula is C24H37N3O4S. The van der Waals surface area contributed by atoms with Gasteiger partial charge in [-0.1, -0.05) is 51.5 Å². The first-order chi connectivity index (χ1) is 15.1. The molecule has 0 unspecified atom stereocenters. The number of amides is 1. The lowest BCUT2D eigenvalue weighted by molar-refractivity contribution is 0.0827. The SMILES string of the molecule is C=C/C=C\C=C(/C)Oc1c(N(CCCC)CCCC)cc(C(=O)N(C)C)cc1S(N)(=O)=O. The van der Waals surface area contributed by atoms with Crippen LogP contribution in [0.5, 0.6) is 5.75 Å². The van der Waals surface area contributed by atoms with Crippen molar-refractivity contribution in [2.75, 3.05) is 32.1 Å². The number of nitrogens with two attached hydrogens (primary N) is 1. The minimum atomic E-state index is -4.17. The Labute approximate surface area is 193 Å². The maximum absolute atomic E-state index is 12.7. The molecule has 0 aliphatic carbocycles. The van der Waals surface area contributed by atoms with Crippen LogP contribution < -0.4 is 14.8 Å². The third kappa shape index (κ3) is 8.16. The summed E-state index contributed by atoms with van der Waals surface area (Å²) in [5, 5.41) is 5.57. The highest BCUT2D eigenvalue weighted by Crippen LogP contribution is 2.38. The first-order valence-corrected chi connectivity index (χ1v) is 12.4. The average Bonchev–Trinajstić information content (AvgIpc) is 2.73. The summed E-state index contributed by atoms with van der Waals surface area (Å²) in [5.41, 5.74) is 0.789. The van der Waals surface area contributed by atoms with Crippen molar-refractivity contribution in [2.24, 2.45) is 5.14 Å². The molecule has 0 saturated heterocycles. The van der Waals surface area contributed by atoms with Gasteiger partial charge in [0.25, 0.3) is 5.91 Å². The zero-order valence-electron chi connectivity index (χ0n) is 19.9. The van der Waals surface area contributed by atoms with E-state index in [4.69, 9.17) is 9.88 Å². The molecule has 0 radical (unpaired) electrons. The number of hydrogen-bond acceptors (Lipinski definition) is 5. The fourth-order valence-corrected chi connectivity index (χ4v) is 3.73. The number of benzene rings is 1. The number of allylic oxidation sites excluding steroid dienone is 5. The van der Waals surface area contributed by atoms with E-state index >= 15 is 0 Å². The van der Waals surface area contributed by atoms with Gasteiger partial charge in [0.2, 0.25) is 10.0 Å². The molecule has 0 aliphatic heterocycles. The molecular weight excluding hydrogens is 426 g/mol. The van der Waals surface area contributed by atoms with Crippen LogP contribution in [0.1, 0.15) is 56.8 Å². The van der Waals surface area contributed by atoms with Crippen LogP contribution in [-0.4, -0.2) is 46.4 Å². The number of rotatable bonds is 13. The third-order valence-corrected chi connectivity index (χ3v) is 5.66. The van der Waals surface area contributed by atoms with E-state index in [1.807, 2.05) is 0 Å². The fraction of sp³-hybridized carbons (Fsp3) is 0.458. The van der Waals surface area contributed by atoms with E-state index in [1.54, 1.807) is 51.4 Å². The standard InChI is InChI=1S/C24H37N3O4S/c1-7-10-13-14-19(4)31-23-21(27(15-11-8-2)16-12-9-3)17-20(24(28)26(5)6)18-22(23)32(25,29)30/h7,10,13-14,17-18H,1,8-9,11-12,15-16H2,2-6H3,(H2,25,29,30)/b13-10-,19-14+. The van der Waals surface area contributed by atoms with Gasteiger partial charge in [0, 0.05) is 32.7 Å². The largest absolute Gasteiger partial charge is 0.458 e. The van der Waals surface area contributed by atoms with Gasteiger partial charge in [0.15, 0.2) is 5.75 Å². The van der Waals surface area contributed by atoms with E-state index in [9.17, 15) is 13.2 Å². The molecule has 7 nitrogen and oxygen atoms in total. The lowest BCUT2D eigenvalue weighted by atomic mass is 10.1. The zero-order valence-corrected chi connectivity index (χ0v) is 20.7. The molecule has 1 aromatic carbocycles. The third-order valence-electron chi connectivity index (χ3n) is 4.74. The number of anilines is 1. The van der Waals surface area contributed by atoms with Gasteiger partial charge in [-0.3, -0.25) is 4.79 Å². The van der Waals surface area contributed by atoms with Crippen LogP contribution in [0.4, 0.5) is 5.69 Å². The number of carbonyl (C=O) groups is 1. The highest BCUT2D eigenvalue weighted by atomic mass is 32.2. The lowest BCUT2D eigenvalue weighted by Gasteiger charge is -2.28. The van der Waals surface area contributed by atoms with Gasteiger partial charge in [-0.25, -0.2) is 13.6 Å². The molecule has 0 aromatic heterocycles. The van der Waals surface area contributed by atoms with Crippen LogP contribution >= 0.6 is 0 Å². The second-order valence-corrected chi connectivity index (χ2v) is 9.29.